The Bertz CT molecular complexity index is 1340. The lowest BCUT2D eigenvalue weighted by molar-refractivity contribution is -0.384. The van der Waals surface area contributed by atoms with Gasteiger partial charge in [-0.15, -0.1) is 0 Å². The van der Waals surface area contributed by atoms with Gasteiger partial charge in [0.1, 0.15) is 17.3 Å². The Hall–Kier alpha value is -4.68. The number of aryl methyl sites for hydroxylation is 1. The first-order valence-corrected chi connectivity index (χ1v) is 10.0. The quantitative estimate of drug-likeness (QED) is 0.160. The van der Waals surface area contributed by atoms with E-state index < -0.39 is 29.3 Å². The van der Waals surface area contributed by atoms with Crippen LogP contribution in [0.25, 0.3) is 11.5 Å². The number of nitro groups is 1. The first-order valence-electron chi connectivity index (χ1n) is 10.0. The smallest absolute Gasteiger partial charge is 0.387 e. The van der Waals surface area contributed by atoms with Gasteiger partial charge in [0.05, 0.1) is 28.1 Å². The molecule has 1 aliphatic rings. The van der Waals surface area contributed by atoms with Gasteiger partial charge in [-0.2, -0.15) is 18.9 Å². The summed E-state index contributed by atoms with van der Waals surface area (Å²) < 4.78 is 40.9. The molecule has 2 heterocycles. The van der Waals surface area contributed by atoms with Crippen LogP contribution in [0.1, 0.15) is 12.7 Å². The van der Waals surface area contributed by atoms with E-state index in [0.29, 0.717) is 5.76 Å². The zero-order valence-corrected chi connectivity index (χ0v) is 18.2. The molecule has 1 unspecified atom stereocenters. The van der Waals surface area contributed by atoms with E-state index >= 15 is 0 Å². The zero-order chi connectivity index (χ0) is 25.3. The van der Waals surface area contributed by atoms with Crippen LogP contribution in [-0.2, 0) is 9.59 Å². The van der Waals surface area contributed by atoms with Crippen LogP contribution in [-0.4, -0.2) is 34.1 Å². The Kier molecular flexibility index (Phi) is 6.23. The maximum Gasteiger partial charge on any atom is 0.387 e. The first-order chi connectivity index (χ1) is 16.6. The Morgan fingerprint density at radius 2 is 1.91 bits per heavy atom. The van der Waals surface area contributed by atoms with Gasteiger partial charge in [-0.1, -0.05) is 0 Å². The Balaban J connectivity index is 1.59. The summed E-state index contributed by atoms with van der Waals surface area (Å²) >= 11 is 0. The number of benzene rings is 2. The number of carbonyl (C=O) groups is 2. The molecule has 0 radical (unpaired) electrons. The molecule has 1 aliphatic heterocycles. The summed E-state index contributed by atoms with van der Waals surface area (Å²) in [7, 11) is 0. The molecule has 0 N–H and O–H groups in total. The molecule has 0 fully saturated rings. The number of halogens is 2. The molecule has 0 bridgehead atoms. The standard InChI is InChI=1S/C22H16F2N4O7/c1-11-10-25-19(33-11)16-9-14(5-8-17(16)35-22(23)24)27-20(29)18(12(2)26-27)21(30)34-15-6-3-13(4-7-15)28(31)32/h3-10,18,22H,1-2H3. The number of nitrogens with zero attached hydrogens (tertiary/aromatic N) is 4. The minimum atomic E-state index is -3.11. The lowest BCUT2D eigenvalue weighted by Crippen LogP contribution is -2.35. The minimum Gasteiger partial charge on any atom is -0.441 e. The molecular weight excluding hydrogens is 470 g/mol. The number of amides is 1. The number of nitro benzene ring substituents is 1. The van der Waals surface area contributed by atoms with Crippen LogP contribution < -0.4 is 14.5 Å². The van der Waals surface area contributed by atoms with E-state index in [1.54, 1.807) is 6.92 Å². The molecule has 0 aliphatic carbocycles. The van der Waals surface area contributed by atoms with Crippen LogP contribution in [0, 0.1) is 23.0 Å². The minimum absolute atomic E-state index is 0.00898. The normalized spacial score (nSPS) is 15.3. The highest BCUT2D eigenvalue weighted by atomic mass is 19.3. The molecule has 1 atom stereocenters. The van der Waals surface area contributed by atoms with Crippen molar-refractivity contribution in [1.29, 1.82) is 0 Å². The Morgan fingerprint density at radius 1 is 1.20 bits per heavy atom. The third-order valence-electron chi connectivity index (χ3n) is 4.91. The van der Waals surface area contributed by atoms with E-state index in [1.807, 2.05) is 0 Å². The number of alkyl halides is 2. The summed E-state index contributed by atoms with van der Waals surface area (Å²) in [4.78, 5) is 39.9. The number of non-ortho nitro benzene ring substituents is 1. The van der Waals surface area contributed by atoms with E-state index in [0.717, 1.165) is 17.1 Å². The molecule has 0 spiro atoms. The number of aromatic nitrogens is 1. The van der Waals surface area contributed by atoms with Crippen LogP contribution in [0.4, 0.5) is 20.2 Å². The van der Waals surface area contributed by atoms with Crippen LogP contribution in [0.3, 0.4) is 0 Å². The van der Waals surface area contributed by atoms with Crippen molar-refractivity contribution in [3.63, 3.8) is 0 Å². The number of anilines is 1. The van der Waals surface area contributed by atoms with Crippen molar-refractivity contribution in [3.05, 3.63) is 64.5 Å². The molecule has 1 aromatic heterocycles. The highest BCUT2D eigenvalue weighted by molar-refractivity contribution is 6.25. The van der Waals surface area contributed by atoms with Gasteiger partial charge in [0.15, 0.2) is 5.92 Å². The van der Waals surface area contributed by atoms with Gasteiger partial charge in [0, 0.05) is 12.1 Å². The number of esters is 1. The molecule has 11 nitrogen and oxygen atoms in total. The molecule has 0 saturated heterocycles. The van der Waals surface area contributed by atoms with E-state index in [-0.39, 0.29) is 40.0 Å². The predicted molar refractivity (Wildman–Crippen MR) is 116 cm³/mol. The Labute approximate surface area is 195 Å². The summed E-state index contributed by atoms with van der Waals surface area (Å²) in [5.74, 6) is -2.87. The monoisotopic (exact) mass is 486 g/mol. The van der Waals surface area contributed by atoms with Gasteiger partial charge >= 0.3 is 12.6 Å². The van der Waals surface area contributed by atoms with Crippen molar-refractivity contribution in [3.8, 4) is 23.0 Å². The second kappa shape index (κ2) is 9.29. The molecule has 180 valence electrons. The summed E-state index contributed by atoms with van der Waals surface area (Å²) in [6.07, 6.45) is 1.39. The highest BCUT2D eigenvalue weighted by Gasteiger charge is 2.41. The summed E-state index contributed by atoms with van der Waals surface area (Å²) in [5.41, 5.74) is 0.131. The summed E-state index contributed by atoms with van der Waals surface area (Å²) in [5, 5.41) is 15.8. The number of oxazole rings is 1. The zero-order valence-electron chi connectivity index (χ0n) is 18.2. The van der Waals surface area contributed by atoms with Crippen molar-refractivity contribution >= 4 is 29.0 Å². The molecule has 2 aromatic carbocycles. The van der Waals surface area contributed by atoms with E-state index in [4.69, 9.17) is 9.15 Å². The maximum atomic E-state index is 13.0. The van der Waals surface area contributed by atoms with E-state index in [9.17, 15) is 28.5 Å². The van der Waals surface area contributed by atoms with Crippen LogP contribution in [0.15, 0.2) is 58.2 Å². The lowest BCUT2D eigenvalue weighted by Gasteiger charge is -2.16. The SMILES string of the molecule is CC1=NN(c2ccc(OC(F)F)c(-c3ncc(C)o3)c2)C(=O)C1C(=O)Oc1ccc([N+](=O)[O-])cc1. The van der Waals surface area contributed by atoms with Crippen LogP contribution in [0.2, 0.25) is 0 Å². The fourth-order valence-corrected chi connectivity index (χ4v) is 3.33. The van der Waals surface area contributed by atoms with Crippen molar-refractivity contribution in [1.82, 2.24) is 4.98 Å². The van der Waals surface area contributed by atoms with E-state index in [1.165, 1.54) is 43.5 Å². The van der Waals surface area contributed by atoms with Gasteiger partial charge in [-0.25, -0.2) is 4.98 Å². The second-order valence-corrected chi connectivity index (χ2v) is 7.33. The predicted octanol–water partition coefficient (Wildman–Crippen LogP) is 4.10. The van der Waals surface area contributed by atoms with Crippen LogP contribution >= 0.6 is 0 Å². The largest absolute Gasteiger partial charge is 0.441 e. The molecule has 35 heavy (non-hydrogen) atoms. The molecule has 0 saturated carbocycles. The number of ether oxygens (including phenoxy) is 2. The van der Waals surface area contributed by atoms with Crippen molar-refractivity contribution < 1.29 is 37.2 Å². The molecular formula is C22H16F2N4O7. The fourth-order valence-electron chi connectivity index (χ4n) is 3.33. The van der Waals surface area contributed by atoms with E-state index in [2.05, 4.69) is 14.8 Å². The fraction of sp³-hybridized carbons (Fsp3) is 0.182. The average Bonchev–Trinajstić information content (AvgIpc) is 3.36. The van der Waals surface area contributed by atoms with Gasteiger partial charge < -0.3 is 13.9 Å². The number of rotatable bonds is 7. The lowest BCUT2D eigenvalue weighted by atomic mass is 10.0. The number of hydrazone groups is 1. The van der Waals surface area contributed by atoms with Crippen molar-refractivity contribution in [2.75, 3.05) is 5.01 Å². The topological polar surface area (TPSA) is 137 Å². The van der Waals surface area contributed by atoms with Crippen molar-refractivity contribution in [2.24, 2.45) is 11.0 Å². The first kappa shape index (κ1) is 23.5. The van der Waals surface area contributed by atoms with Crippen molar-refractivity contribution in [2.45, 2.75) is 20.5 Å². The second-order valence-electron chi connectivity index (χ2n) is 7.33. The average molecular weight is 486 g/mol. The van der Waals surface area contributed by atoms with Gasteiger partial charge in [-0.3, -0.25) is 19.7 Å². The Morgan fingerprint density at radius 3 is 2.51 bits per heavy atom. The molecule has 4 rings (SSSR count). The highest BCUT2D eigenvalue weighted by Crippen LogP contribution is 2.36. The molecule has 1 amide bonds. The number of hydrogen-bond donors (Lipinski definition) is 0. The third kappa shape index (κ3) is 4.83. The van der Waals surface area contributed by atoms with Gasteiger partial charge in [0.2, 0.25) is 5.89 Å². The summed E-state index contributed by atoms with van der Waals surface area (Å²) in [6.45, 7) is -0.0399. The maximum absolute atomic E-state index is 13.0. The molecule has 13 heteroatoms. The van der Waals surface area contributed by atoms with Gasteiger partial charge in [-0.05, 0) is 44.2 Å². The van der Waals surface area contributed by atoms with Crippen LogP contribution in [0.5, 0.6) is 11.5 Å². The molecule has 3 aromatic rings. The summed E-state index contributed by atoms with van der Waals surface area (Å²) in [6, 6.07) is 8.61. The third-order valence-corrected chi connectivity index (χ3v) is 4.91. The number of hydrogen-bond acceptors (Lipinski definition) is 9. The number of carbonyl (C=O) groups excluding carboxylic acids is 2. The van der Waals surface area contributed by atoms with Gasteiger partial charge in [0.25, 0.3) is 11.6 Å².